The molecule has 0 bridgehead atoms. The van der Waals surface area contributed by atoms with Crippen LogP contribution in [0.5, 0.6) is 0 Å². The molecule has 0 saturated carbocycles. The summed E-state index contributed by atoms with van der Waals surface area (Å²) >= 11 is 0. The average Bonchev–Trinajstić information content (AvgIpc) is 1.65. The summed E-state index contributed by atoms with van der Waals surface area (Å²) in [7, 11) is 0. The van der Waals surface area contributed by atoms with E-state index in [-0.39, 0.29) is 33.8 Å². The van der Waals surface area contributed by atoms with Crippen LogP contribution in [0.15, 0.2) is 231 Å². The lowest BCUT2D eigenvalue weighted by molar-refractivity contribution is 0.568. The average molecular weight is 1180 g/mol. The minimum Gasteiger partial charge on any atom is -0.311 e. The summed E-state index contributed by atoms with van der Waals surface area (Å²) in [5, 5.41) is 4.90. The van der Waals surface area contributed by atoms with Gasteiger partial charge in [-0.3, -0.25) is 0 Å². The van der Waals surface area contributed by atoms with Crippen molar-refractivity contribution in [3.8, 4) is 33.6 Å². The first kappa shape index (κ1) is 58.1. The zero-order valence-electron chi connectivity index (χ0n) is 55.8. The normalized spacial score (nSPS) is 13.6. The number of fused-ring (bicyclic) bond motifs is 10. The molecule has 15 rings (SSSR count). The lowest BCUT2D eigenvalue weighted by Gasteiger charge is -2.46. The lowest BCUT2D eigenvalue weighted by Crippen LogP contribution is -2.61. The van der Waals surface area contributed by atoms with E-state index in [2.05, 4.69) is 353 Å². The van der Waals surface area contributed by atoms with Gasteiger partial charge in [0, 0.05) is 66.8 Å². The van der Waals surface area contributed by atoms with Crippen molar-refractivity contribution in [1.29, 1.82) is 0 Å². The van der Waals surface area contributed by atoms with E-state index >= 15 is 0 Å². The maximum absolute atomic E-state index is 2.70. The van der Waals surface area contributed by atoms with E-state index in [1.54, 1.807) is 0 Å². The van der Waals surface area contributed by atoms with E-state index in [0.29, 0.717) is 0 Å². The molecule has 4 nitrogen and oxygen atoms in total. The van der Waals surface area contributed by atoms with E-state index in [9.17, 15) is 0 Å². The van der Waals surface area contributed by atoms with Gasteiger partial charge in [0.15, 0.2) is 0 Å². The largest absolute Gasteiger partial charge is 0.311 e. The second-order valence-corrected chi connectivity index (χ2v) is 31.1. The van der Waals surface area contributed by atoms with Crippen LogP contribution >= 0.6 is 0 Å². The van der Waals surface area contributed by atoms with Gasteiger partial charge in [-0.2, -0.15) is 0 Å². The van der Waals surface area contributed by atoms with Crippen LogP contribution in [0.25, 0.3) is 77.2 Å². The summed E-state index contributed by atoms with van der Waals surface area (Å²) in [6, 6.07) is 88.9. The van der Waals surface area contributed by atoms with Gasteiger partial charge in [-0.15, -0.1) is 0 Å². The third-order valence-corrected chi connectivity index (χ3v) is 19.8. The molecule has 13 aromatic rings. The van der Waals surface area contributed by atoms with Gasteiger partial charge in [-0.25, -0.2) is 0 Å². The summed E-state index contributed by atoms with van der Waals surface area (Å²) in [5.74, 6) is 0. The Kier molecular flexibility index (Phi) is 13.2. The maximum atomic E-state index is 2.70. The number of hydrogen-bond donors (Lipinski definition) is 0. The minimum atomic E-state index is -0.247. The highest BCUT2D eigenvalue weighted by Crippen LogP contribution is 2.53. The smallest absolute Gasteiger partial charge is 0.252 e. The number of aromatic nitrogens is 2. The van der Waals surface area contributed by atoms with Gasteiger partial charge < -0.3 is 18.9 Å². The fourth-order valence-corrected chi connectivity index (χ4v) is 14.7. The van der Waals surface area contributed by atoms with Crippen LogP contribution in [0.1, 0.15) is 132 Å². The summed E-state index contributed by atoms with van der Waals surface area (Å²) in [4.78, 5) is 5.39. The van der Waals surface area contributed by atoms with Gasteiger partial charge in [-0.1, -0.05) is 249 Å². The molecule has 0 radical (unpaired) electrons. The van der Waals surface area contributed by atoms with Gasteiger partial charge in [0.1, 0.15) is 0 Å². The van der Waals surface area contributed by atoms with E-state index < -0.39 is 0 Å². The molecule has 0 saturated heterocycles. The van der Waals surface area contributed by atoms with Gasteiger partial charge in [0.25, 0.3) is 6.71 Å². The summed E-state index contributed by atoms with van der Waals surface area (Å²) in [6.45, 7) is 35.2. The van der Waals surface area contributed by atoms with Gasteiger partial charge in [-0.05, 0) is 167 Å². The predicted octanol–water partition coefficient (Wildman–Crippen LogP) is 21.8. The highest BCUT2D eigenvalue weighted by molar-refractivity contribution is 7.00. The standard InChI is InChI=1S/C86H83BN4/c1-82(2,3)56-42-54(43-57(46-56)83(4,5)6)63-34-22-26-38-71(63)90-77-50-67-65-36-24-28-40-73(65)88(61-30-18-16-19-31-61)75(67)52-69(77)87-70-53-76-68(66-37-25-29-41-74(66)89(76)62-32-20-17-21-33-62)51-78(70)91(80-49-60(86(13,14)15)48-79(90)81(80)87)72-39-27-23-35-64(72)55-44-58(84(7,8)9)47-59(45-55)85(10,11)12/h16-53H,1-15H3. The van der Waals surface area contributed by atoms with Crippen molar-refractivity contribution < 1.29 is 0 Å². The second-order valence-electron chi connectivity index (χ2n) is 31.1. The van der Waals surface area contributed by atoms with E-state index in [4.69, 9.17) is 0 Å². The Hall–Kier alpha value is -9.32. The number of benzene rings is 11. The Bertz CT molecular complexity index is 4710. The molecule has 0 N–H and O–H groups in total. The van der Waals surface area contributed by atoms with Crippen molar-refractivity contribution in [2.45, 2.75) is 131 Å². The van der Waals surface area contributed by atoms with E-state index in [0.717, 1.165) is 22.7 Å². The molecule has 0 spiro atoms. The van der Waals surface area contributed by atoms with Crippen LogP contribution in [0.2, 0.25) is 0 Å². The van der Waals surface area contributed by atoms with Crippen LogP contribution < -0.4 is 26.2 Å². The van der Waals surface area contributed by atoms with Gasteiger partial charge in [0.2, 0.25) is 0 Å². The molecule has 11 aromatic carbocycles. The molecule has 0 atom stereocenters. The molecule has 0 aliphatic carbocycles. The highest BCUT2D eigenvalue weighted by Gasteiger charge is 2.46. The molecule has 5 heteroatoms. The topological polar surface area (TPSA) is 16.3 Å². The molecule has 0 unspecified atom stereocenters. The third-order valence-electron chi connectivity index (χ3n) is 19.8. The molecule has 450 valence electrons. The molecule has 0 amide bonds. The van der Waals surface area contributed by atoms with Gasteiger partial charge in [0.05, 0.1) is 33.4 Å². The minimum absolute atomic E-state index is 0.0816. The highest BCUT2D eigenvalue weighted by atomic mass is 15.2. The Morgan fingerprint density at radius 2 is 0.571 bits per heavy atom. The van der Waals surface area contributed by atoms with Crippen molar-refractivity contribution in [3.05, 3.63) is 258 Å². The maximum Gasteiger partial charge on any atom is 0.252 e. The SMILES string of the molecule is CC(C)(C)c1cc(-c2ccccc2N2c3cc4c5ccccc5n(-c5ccccc5)c4cc3B3c4cc5c(cc4N(c4ccccc4-c4cc(C(C)(C)C)cc(C(C)(C)C)c4)c4cc(C(C)(C)C)cc2c43)c2ccccc2n5-c2ccccc2)cc(C(C)(C)C)c1. The van der Waals surface area contributed by atoms with Crippen LogP contribution in [0.4, 0.5) is 34.1 Å². The first-order chi connectivity index (χ1) is 43.3. The lowest BCUT2D eigenvalue weighted by atomic mass is 9.33. The Labute approximate surface area is 539 Å². The Morgan fingerprint density at radius 1 is 0.253 bits per heavy atom. The van der Waals surface area contributed by atoms with Crippen LogP contribution in [-0.2, 0) is 27.1 Å². The Morgan fingerprint density at radius 3 is 0.934 bits per heavy atom. The van der Waals surface area contributed by atoms with Gasteiger partial charge >= 0.3 is 0 Å². The summed E-state index contributed by atoms with van der Waals surface area (Å²) in [6.07, 6.45) is 0. The number of hydrogen-bond acceptors (Lipinski definition) is 2. The van der Waals surface area contributed by atoms with E-state index in [1.165, 1.54) is 133 Å². The molecular weight excluding hydrogens is 1100 g/mol. The molecular formula is C86H83BN4. The molecule has 4 heterocycles. The number of rotatable bonds is 6. The molecule has 2 aliphatic rings. The molecule has 2 aromatic heterocycles. The first-order valence-electron chi connectivity index (χ1n) is 32.9. The van der Waals surface area contributed by atoms with Crippen molar-refractivity contribution in [2.24, 2.45) is 0 Å². The fraction of sp³-hybridized carbons (Fsp3) is 0.233. The van der Waals surface area contributed by atoms with Crippen LogP contribution in [0.3, 0.4) is 0 Å². The number of nitrogens with zero attached hydrogens (tertiary/aromatic N) is 4. The van der Waals surface area contributed by atoms with Crippen molar-refractivity contribution in [3.63, 3.8) is 0 Å². The molecule has 91 heavy (non-hydrogen) atoms. The molecule has 2 aliphatic heterocycles. The quantitative estimate of drug-likeness (QED) is 0.154. The zero-order valence-corrected chi connectivity index (χ0v) is 55.8. The van der Waals surface area contributed by atoms with Crippen molar-refractivity contribution >= 4 is 101 Å². The Balaban J connectivity index is 1.13. The fourth-order valence-electron chi connectivity index (χ4n) is 14.7. The van der Waals surface area contributed by atoms with E-state index in [1.807, 2.05) is 0 Å². The summed E-state index contributed by atoms with van der Waals surface area (Å²) < 4.78 is 5.02. The third kappa shape index (κ3) is 9.55. The van der Waals surface area contributed by atoms with Crippen LogP contribution in [0, 0.1) is 0 Å². The predicted molar refractivity (Wildman–Crippen MR) is 394 cm³/mol. The van der Waals surface area contributed by atoms with Crippen molar-refractivity contribution in [1.82, 2.24) is 9.13 Å². The van der Waals surface area contributed by atoms with Crippen LogP contribution in [-0.4, -0.2) is 15.8 Å². The zero-order chi connectivity index (χ0) is 63.4. The second kappa shape index (κ2) is 20.6. The monoisotopic (exact) mass is 1180 g/mol. The number of anilines is 6. The molecule has 0 fully saturated rings. The summed E-state index contributed by atoms with van der Waals surface area (Å²) in [5.41, 5.74) is 28.8. The van der Waals surface area contributed by atoms with Crippen molar-refractivity contribution in [2.75, 3.05) is 9.80 Å². The first-order valence-corrected chi connectivity index (χ1v) is 32.9. The number of para-hydroxylation sites is 6.